The quantitative estimate of drug-likeness (QED) is 0.715. The first kappa shape index (κ1) is 15.4. The molecule has 24 heavy (non-hydrogen) atoms. The molecule has 0 saturated carbocycles. The second kappa shape index (κ2) is 6.29. The van der Waals surface area contributed by atoms with Crippen LogP contribution in [-0.2, 0) is 0 Å². The topological polar surface area (TPSA) is 78.1 Å². The summed E-state index contributed by atoms with van der Waals surface area (Å²) >= 11 is 0. The van der Waals surface area contributed by atoms with Gasteiger partial charge in [0.15, 0.2) is 0 Å². The van der Waals surface area contributed by atoms with Crippen molar-refractivity contribution in [1.29, 1.82) is 0 Å². The van der Waals surface area contributed by atoms with E-state index in [1.165, 1.54) is 12.1 Å². The maximum absolute atomic E-state index is 12.5. The lowest BCUT2D eigenvalue weighted by atomic mass is 10.2. The average molecular weight is 320 g/mol. The Hall–Kier alpha value is -3.54. The molecule has 1 aromatic heterocycles. The summed E-state index contributed by atoms with van der Waals surface area (Å²) < 4.78 is 1.20. The molecule has 0 fully saturated rings. The molecule has 118 valence electrons. The van der Waals surface area contributed by atoms with Gasteiger partial charge in [-0.25, -0.2) is 9.36 Å². The summed E-state index contributed by atoms with van der Waals surface area (Å²) in [6.07, 6.45) is 1.08. The summed E-state index contributed by atoms with van der Waals surface area (Å²) in [6, 6.07) is 17.1. The first-order valence-electron chi connectivity index (χ1n) is 7.14. The highest BCUT2D eigenvalue weighted by Gasteiger charge is 2.18. The molecule has 3 aromatic rings. The van der Waals surface area contributed by atoms with E-state index in [1.807, 2.05) is 0 Å². The van der Waals surface area contributed by atoms with Crippen molar-refractivity contribution in [2.45, 2.75) is 0 Å². The van der Waals surface area contributed by atoms with E-state index in [0.717, 1.165) is 16.8 Å². The molecule has 0 amide bonds. The summed E-state index contributed by atoms with van der Waals surface area (Å²) in [4.78, 5) is 49.4. The molecular formula is C18H12N2O4. The van der Waals surface area contributed by atoms with Crippen LogP contribution >= 0.6 is 0 Å². The number of carbonyl (C=O) groups is 2. The third kappa shape index (κ3) is 2.72. The first-order valence-corrected chi connectivity index (χ1v) is 7.14. The molecule has 0 N–H and O–H groups in total. The van der Waals surface area contributed by atoms with Crippen LogP contribution in [0.3, 0.4) is 0 Å². The van der Waals surface area contributed by atoms with Crippen molar-refractivity contribution in [3.05, 3.63) is 105 Å². The van der Waals surface area contributed by atoms with Gasteiger partial charge in [-0.3, -0.25) is 14.4 Å². The zero-order chi connectivity index (χ0) is 17.1. The van der Waals surface area contributed by atoms with Gasteiger partial charge in [-0.15, -0.1) is 0 Å². The van der Waals surface area contributed by atoms with Crippen molar-refractivity contribution in [1.82, 2.24) is 9.13 Å². The van der Waals surface area contributed by atoms with Gasteiger partial charge in [0.05, 0.1) is 0 Å². The van der Waals surface area contributed by atoms with Gasteiger partial charge in [0.2, 0.25) is 0 Å². The van der Waals surface area contributed by atoms with E-state index in [4.69, 9.17) is 0 Å². The molecule has 0 spiro atoms. The third-order valence-electron chi connectivity index (χ3n) is 3.45. The lowest BCUT2D eigenvalue weighted by molar-refractivity contribution is 0.0931. The van der Waals surface area contributed by atoms with Gasteiger partial charge in [0.25, 0.3) is 17.4 Å². The van der Waals surface area contributed by atoms with Crippen LogP contribution in [0, 0.1) is 0 Å². The van der Waals surface area contributed by atoms with E-state index in [-0.39, 0.29) is 11.1 Å². The molecule has 2 aromatic carbocycles. The van der Waals surface area contributed by atoms with Crippen LogP contribution in [-0.4, -0.2) is 20.9 Å². The second-order valence-electron chi connectivity index (χ2n) is 4.98. The number of carbonyl (C=O) groups excluding carboxylic acids is 2. The highest BCUT2D eigenvalue weighted by atomic mass is 16.2. The van der Waals surface area contributed by atoms with Gasteiger partial charge in [0.1, 0.15) is 0 Å². The minimum Gasteiger partial charge on any atom is -0.269 e. The Bertz CT molecular complexity index is 1020. The molecule has 1 heterocycles. The first-order chi connectivity index (χ1) is 11.6. The summed E-state index contributed by atoms with van der Waals surface area (Å²) in [5.74, 6) is -1.39. The van der Waals surface area contributed by atoms with Crippen LogP contribution in [0.2, 0.25) is 0 Å². The molecule has 3 rings (SSSR count). The van der Waals surface area contributed by atoms with Crippen molar-refractivity contribution in [2.24, 2.45) is 0 Å². The molecule has 0 aliphatic carbocycles. The molecule has 0 radical (unpaired) electrons. The SMILES string of the molecule is O=C(c1ccccc1)n1ccc(=O)n(C(=O)c2ccccc2)c1=O. The maximum atomic E-state index is 12.5. The fourth-order valence-electron chi connectivity index (χ4n) is 2.25. The fraction of sp³-hybridized carbons (Fsp3) is 0. The number of nitrogens with zero attached hydrogens (tertiary/aromatic N) is 2. The average Bonchev–Trinajstić information content (AvgIpc) is 2.63. The molecule has 0 aliphatic rings. The van der Waals surface area contributed by atoms with Gasteiger partial charge in [-0.1, -0.05) is 36.4 Å². The minimum absolute atomic E-state index is 0.182. The third-order valence-corrected chi connectivity index (χ3v) is 3.45. The Morgan fingerprint density at radius 2 is 1.17 bits per heavy atom. The maximum Gasteiger partial charge on any atom is 0.345 e. The molecule has 0 unspecified atom stereocenters. The van der Waals surface area contributed by atoms with E-state index < -0.39 is 23.1 Å². The number of hydrogen-bond acceptors (Lipinski definition) is 4. The summed E-state index contributed by atoms with van der Waals surface area (Å²) in [5.41, 5.74) is -1.32. The second-order valence-corrected chi connectivity index (χ2v) is 4.98. The summed E-state index contributed by atoms with van der Waals surface area (Å²) in [5, 5.41) is 0. The van der Waals surface area contributed by atoms with Crippen LogP contribution in [0.5, 0.6) is 0 Å². The zero-order valence-electron chi connectivity index (χ0n) is 12.5. The van der Waals surface area contributed by atoms with Crippen molar-refractivity contribution < 1.29 is 9.59 Å². The molecule has 0 aliphatic heterocycles. The molecule has 0 bridgehead atoms. The van der Waals surface area contributed by atoms with E-state index in [1.54, 1.807) is 48.5 Å². The predicted molar refractivity (Wildman–Crippen MR) is 87.3 cm³/mol. The number of benzene rings is 2. The molecule has 0 saturated heterocycles. The van der Waals surface area contributed by atoms with Crippen LogP contribution < -0.4 is 11.2 Å². The van der Waals surface area contributed by atoms with Gasteiger partial charge in [-0.2, -0.15) is 4.57 Å². The van der Waals surface area contributed by atoms with Crippen LogP contribution in [0.25, 0.3) is 0 Å². The number of aromatic nitrogens is 2. The Balaban J connectivity index is 2.13. The van der Waals surface area contributed by atoms with Crippen molar-refractivity contribution in [3.63, 3.8) is 0 Å². The highest BCUT2D eigenvalue weighted by molar-refractivity contribution is 5.97. The van der Waals surface area contributed by atoms with Crippen LogP contribution in [0.15, 0.2) is 82.5 Å². The van der Waals surface area contributed by atoms with E-state index in [0.29, 0.717) is 4.57 Å². The normalized spacial score (nSPS) is 10.3. The van der Waals surface area contributed by atoms with E-state index in [9.17, 15) is 19.2 Å². The smallest absolute Gasteiger partial charge is 0.269 e. The van der Waals surface area contributed by atoms with Gasteiger partial charge in [-0.05, 0) is 24.3 Å². The Morgan fingerprint density at radius 3 is 1.71 bits per heavy atom. The van der Waals surface area contributed by atoms with Crippen molar-refractivity contribution >= 4 is 11.8 Å². The lowest BCUT2D eigenvalue weighted by Crippen LogP contribution is -2.45. The lowest BCUT2D eigenvalue weighted by Gasteiger charge is -2.08. The number of rotatable bonds is 2. The van der Waals surface area contributed by atoms with Crippen LogP contribution in [0.4, 0.5) is 0 Å². The monoisotopic (exact) mass is 320 g/mol. The molecule has 6 nitrogen and oxygen atoms in total. The summed E-state index contributed by atoms with van der Waals surface area (Å²) in [6.45, 7) is 0. The van der Waals surface area contributed by atoms with E-state index >= 15 is 0 Å². The number of hydrogen-bond donors (Lipinski definition) is 0. The molecule has 6 heteroatoms. The van der Waals surface area contributed by atoms with Gasteiger partial charge < -0.3 is 0 Å². The molecule has 0 atom stereocenters. The van der Waals surface area contributed by atoms with Gasteiger partial charge in [0, 0.05) is 23.4 Å². The highest BCUT2D eigenvalue weighted by Crippen LogP contribution is 2.02. The van der Waals surface area contributed by atoms with Gasteiger partial charge >= 0.3 is 5.69 Å². The Labute approximate surface area is 136 Å². The zero-order valence-corrected chi connectivity index (χ0v) is 12.5. The fourth-order valence-corrected chi connectivity index (χ4v) is 2.25. The van der Waals surface area contributed by atoms with Crippen molar-refractivity contribution in [2.75, 3.05) is 0 Å². The van der Waals surface area contributed by atoms with Crippen molar-refractivity contribution in [3.8, 4) is 0 Å². The molecular weight excluding hydrogens is 308 g/mol. The largest absolute Gasteiger partial charge is 0.345 e. The van der Waals surface area contributed by atoms with Crippen LogP contribution in [0.1, 0.15) is 20.7 Å². The Kier molecular flexibility index (Phi) is 4.03. The predicted octanol–water partition coefficient (Wildman–Crippen LogP) is 1.39. The standard InChI is InChI=1S/C18H12N2O4/c21-15-11-12-19(16(22)13-7-3-1-4-8-13)18(24)20(15)17(23)14-9-5-2-6-10-14/h1-12H. The van der Waals surface area contributed by atoms with E-state index in [2.05, 4.69) is 0 Å². The minimum atomic E-state index is -0.995. The summed E-state index contributed by atoms with van der Waals surface area (Å²) in [7, 11) is 0. The Morgan fingerprint density at radius 1 is 0.667 bits per heavy atom.